The zero-order chi connectivity index (χ0) is 16.2. The Bertz CT molecular complexity index is 825. The monoisotopic (exact) mass is 314 g/mol. The van der Waals surface area contributed by atoms with Crippen molar-refractivity contribution in [2.24, 2.45) is 0 Å². The van der Waals surface area contributed by atoms with Crippen LogP contribution in [0.15, 0.2) is 42.9 Å². The van der Waals surface area contributed by atoms with E-state index in [1.807, 2.05) is 13.0 Å². The Morgan fingerprint density at radius 1 is 1.30 bits per heavy atom. The van der Waals surface area contributed by atoms with Crippen molar-refractivity contribution in [1.29, 1.82) is 0 Å². The van der Waals surface area contributed by atoms with Crippen LogP contribution < -0.4 is 5.32 Å². The van der Waals surface area contributed by atoms with E-state index >= 15 is 0 Å². The fourth-order valence-corrected chi connectivity index (χ4v) is 2.09. The van der Waals surface area contributed by atoms with Gasteiger partial charge in [-0.05, 0) is 19.1 Å². The predicted octanol–water partition coefficient (Wildman–Crippen LogP) is 1.61. The molecule has 0 radical (unpaired) electrons. The Morgan fingerprint density at radius 2 is 2.13 bits per heavy atom. The lowest BCUT2D eigenvalue weighted by atomic mass is 10.2. The largest absolute Gasteiger partial charge is 0.292 e. The molecule has 8 heteroatoms. The Morgan fingerprint density at radius 3 is 2.87 bits per heavy atom. The van der Waals surface area contributed by atoms with Gasteiger partial charge in [0.25, 0.3) is 0 Å². The van der Waals surface area contributed by atoms with Gasteiger partial charge in [-0.25, -0.2) is 14.1 Å². The molecule has 23 heavy (non-hydrogen) atoms. The number of anilines is 1. The van der Waals surface area contributed by atoms with Crippen molar-refractivity contribution in [3.8, 4) is 0 Å². The lowest BCUT2D eigenvalue weighted by molar-refractivity contribution is -0.117. The molecule has 0 saturated heterocycles. The number of halogens is 1. The van der Waals surface area contributed by atoms with Gasteiger partial charge in [-0.1, -0.05) is 18.2 Å². The zero-order valence-electron chi connectivity index (χ0n) is 12.5. The highest BCUT2D eigenvalue weighted by Crippen LogP contribution is 2.08. The highest BCUT2D eigenvalue weighted by molar-refractivity contribution is 5.88. The van der Waals surface area contributed by atoms with E-state index in [0.29, 0.717) is 5.56 Å². The van der Waals surface area contributed by atoms with E-state index in [-0.39, 0.29) is 30.8 Å². The van der Waals surface area contributed by atoms with Gasteiger partial charge in [0.1, 0.15) is 18.7 Å². The number of nitrogens with one attached hydrogen (secondary N) is 1. The van der Waals surface area contributed by atoms with Crippen LogP contribution in [0.5, 0.6) is 0 Å². The lowest BCUT2D eigenvalue weighted by Crippen LogP contribution is -2.21. The van der Waals surface area contributed by atoms with Crippen LogP contribution in [0.3, 0.4) is 0 Å². The fourth-order valence-electron chi connectivity index (χ4n) is 2.09. The third-order valence-corrected chi connectivity index (χ3v) is 3.30. The molecule has 1 amide bonds. The Balaban J connectivity index is 1.62. The van der Waals surface area contributed by atoms with E-state index in [0.717, 1.165) is 5.69 Å². The molecule has 7 nitrogen and oxygen atoms in total. The molecule has 0 atom stereocenters. The first-order valence-electron chi connectivity index (χ1n) is 7.03. The van der Waals surface area contributed by atoms with Crippen molar-refractivity contribution in [2.45, 2.75) is 20.0 Å². The summed E-state index contributed by atoms with van der Waals surface area (Å²) in [5.74, 6) is -0.403. The summed E-state index contributed by atoms with van der Waals surface area (Å²) < 4.78 is 16.6. The molecule has 2 heterocycles. The zero-order valence-corrected chi connectivity index (χ0v) is 12.5. The summed E-state index contributed by atoms with van der Waals surface area (Å²) in [7, 11) is 0. The molecular weight excluding hydrogens is 299 g/mol. The maximum Gasteiger partial charge on any atom is 0.248 e. The summed E-state index contributed by atoms with van der Waals surface area (Å²) in [6, 6.07) is 8.26. The average Bonchev–Trinajstić information content (AvgIpc) is 3.11. The van der Waals surface area contributed by atoms with E-state index in [2.05, 4.69) is 20.5 Å². The molecular formula is C15H15FN6O. The highest BCUT2D eigenvalue weighted by atomic mass is 19.1. The van der Waals surface area contributed by atoms with Crippen molar-refractivity contribution in [1.82, 2.24) is 24.5 Å². The molecule has 3 rings (SSSR count). The van der Waals surface area contributed by atoms with Gasteiger partial charge in [-0.2, -0.15) is 5.10 Å². The third kappa shape index (κ3) is 3.60. The Kier molecular flexibility index (Phi) is 4.13. The van der Waals surface area contributed by atoms with Crippen LogP contribution in [0.25, 0.3) is 0 Å². The summed E-state index contributed by atoms with van der Waals surface area (Å²) in [6.45, 7) is 2.19. The van der Waals surface area contributed by atoms with Crippen LogP contribution in [-0.2, 0) is 17.9 Å². The van der Waals surface area contributed by atoms with Gasteiger partial charge in [0, 0.05) is 17.5 Å². The van der Waals surface area contributed by atoms with E-state index in [4.69, 9.17) is 0 Å². The standard InChI is InChI=1S/C15H15FN6O/c1-11-6-7-18-22(11)9-14(23)19-15-17-10-21(20-15)8-12-4-2-3-5-13(12)16/h2-7,10H,8-9H2,1H3,(H,19,20,23). The van der Waals surface area contributed by atoms with Crippen LogP contribution in [0.1, 0.15) is 11.3 Å². The number of carbonyl (C=O) groups excluding carboxylic acids is 1. The second-order valence-electron chi connectivity index (χ2n) is 5.04. The van der Waals surface area contributed by atoms with Crippen LogP contribution in [0.2, 0.25) is 0 Å². The molecule has 0 aliphatic heterocycles. The fraction of sp³-hybridized carbons (Fsp3) is 0.200. The predicted molar refractivity (Wildman–Crippen MR) is 81.1 cm³/mol. The summed E-state index contributed by atoms with van der Waals surface area (Å²) in [4.78, 5) is 15.9. The second-order valence-corrected chi connectivity index (χ2v) is 5.04. The molecule has 0 saturated carbocycles. The molecule has 1 aromatic carbocycles. The minimum atomic E-state index is -0.303. The van der Waals surface area contributed by atoms with Gasteiger partial charge in [0.2, 0.25) is 11.9 Å². The maximum absolute atomic E-state index is 13.6. The van der Waals surface area contributed by atoms with Crippen LogP contribution in [-0.4, -0.2) is 30.5 Å². The lowest BCUT2D eigenvalue weighted by Gasteiger charge is -2.04. The number of aromatic nitrogens is 5. The van der Waals surface area contributed by atoms with Gasteiger partial charge in [0.15, 0.2) is 0 Å². The molecule has 118 valence electrons. The molecule has 2 aromatic heterocycles. The molecule has 0 aliphatic rings. The van der Waals surface area contributed by atoms with Gasteiger partial charge >= 0.3 is 0 Å². The molecule has 0 fully saturated rings. The molecule has 0 unspecified atom stereocenters. The summed E-state index contributed by atoms with van der Waals surface area (Å²) in [5.41, 5.74) is 1.39. The van der Waals surface area contributed by atoms with Crippen LogP contribution in [0.4, 0.5) is 10.3 Å². The van der Waals surface area contributed by atoms with Crippen LogP contribution in [0, 0.1) is 12.7 Å². The van der Waals surface area contributed by atoms with Crippen molar-refractivity contribution in [3.05, 3.63) is 59.9 Å². The van der Waals surface area contributed by atoms with Crippen molar-refractivity contribution >= 4 is 11.9 Å². The first kappa shape index (κ1) is 14.9. The first-order valence-corrected chi connectivity index (χ1v) is 7.03. The number of hydrogen-bond donors (Lipinski definition) is 1. The summed E-state index contributed by atoms with van der Waals surface area (Å²) in [6.07, 6.45) is 3.07. The minimum absolute atomic E-state index is 0.0840. The number of hydrogen-bond acceptors (Lipinski definition) is 4. The quantitative estimate of drug-likeness (QED) is 0.776. The van der Waals surface area contributed by atoms with Gasteiger partial charge < -0.3 is 0 Å². The number of benzene rings is 1. The van der Waals surface area contributed by atoms with E-state index in [1.54, 1.807) is 29.1 Å². The number of nitrogens with zero attached hydrogens (tertiary/aromatic N) is 5. The molecule has 0 aliphatic carbocycles. The number of rotatable bonds is 5. The van der Waals surface area contributed by atoms with Crippen LogP contribution >= 0.6 is 0 Å². The Hall–Kier alpha value is -3.03. The van der Waals surface area contributed by atoms with Gasteiger partial charge in [-0.15, -0.1) is 5.10 Å². The highest BCUT2D eigenvalue weighted by Gasteiger charge is 2.10. The topological polar surface area (TPSA) is 77.6 Å². The van der Waals surface area contributed by atoms with E-state index in [1.165, 1.54) is 17.1 Å². The molecule has 0 bridgehead atoms. The van der Waals surface area contributed by atoms with Gasteiger partial charge in [0.05, 0.1) is 6.54 Å². The summed E-state index contributed by atoms with van der Waals surface area (Å²) in [5, 5.41) is 10.7. The second kappa shape index (κ2) is 6.39. The van der Waals surface area contributed by atoms with E-state index < -0.39 is 0 Å². The van der Waals surface area contributed by atoms with Crippen molar-refractivity contribution < 1.29 is 9.18 Å². The number of amides is 1. The summed E-state index contributed by atoms with van der Waals surface area (Å²) >= 11 is 0. The average molecular weight is 314 g/mol. The maximum atomic E-state index is 13.6. The SMILES string of the molecule is Cc1ccnn1CC(=O)Nc1ncn(Cc2ccccc2F)n1. The molecule has 1 N–H and O–H groups in total. The van der Waals surface area contributed by atoms with Crippen molar-refractivity contribution in [2.75, 3.05) is 5.32 Å². The van der Waals surface area contributed by atoms with E-state index in [9.17, 15) is 9.18 Å². The number of aryl methyl sites for hydroxylation is 1. The van der Waals surface area contributed by atoms with Gasteiger partial charge in [-0.3, -0.25) is 14.8 Å². The first-order chi connectivity index (χ1) is 11.1. The molecule has 3 aromatic rings. The third-order valence-electron chi connectivity index (χ3n) is 3.30. The smallest absolute Gasteiger partial charge is 0.248 e. The Labute approximate surface area is 131 Å². The minimum Gasteiger partial charge on any atom is -0.292 e. The van der Waals surface area contributed by atoms with Crippen molar-refractivity contribution in [3.63, 3.8) is 0 Å². The number of carbonyl (C=O) groups is 1. The normalized spacial score (nSPS) is 10.7. The molecule has 0 spiro atoms.